The molecule has 1 amide bonds. The second-order valence-electron chi connectivity index (χ2n) is 5.32. The van der Waals surface area contributed by atoms with Gasteiger partial charge < -0.3 is 9.88 Å². The lowest BCUT2D eigenvalue weighted by atomic mass is 10.1. The van der Waals surface area contributed by atoms with Gasteiger partial charge in [0.1, 0.15) is 11.5 Å². The van der Waals surface area contributed by atoms with Gasteiger partial charge in [0, 0.05) is 30.9 Å². The van der Waals surface area contributed by atoms with Crippen LogP contribution in [0.3, 0.4) is 0 Å². The minimum absolute atomic E-state index is 0.0982. The van der Waals surface area contributed by atoms with Crippen LogP contribution < -0.4 is 5.32 Å². The van der Waals surface area contributed by atoms with Gasteiger partial charge in [0.15, 0.2) is 0 Å². The summed E-state index contributed by atoms with van der Waals surface area (Å²) in [6, 6.07) is 5.64. The molecule has 0 saturated carbocycles. The predicted octanol–water partition coefficient (Wildman–Crippen LogP) is 1.64. The number of hydrogen-bond donors (Lipinski definition) is 1. The summed E-state index contributed by atoms with van der Waals surface area (Å²) in [5, 5.41) is 3.06. The number of nitrogens with zero attached hydrogens (tertiary/aromatic N) is 3. The lowest BCUT2D eigenvalue weighted by Crippen LogP contribution is -2.41. The molecule has 0 unspecified atom stereocenters. The summed E-state index contributed by atoms with van der Waals surface area (Å²) in [5.74, 6) is 1.01. The third-order valence-electron chi connectivity index (χ3n) is 3.57. The summed E-state index contributed by atoms with van der Waals surface area (Å²) >= 11 is 0. The third-order valence-corrected chi connectivity index (χ3v) is 3.57. The van der Waals surface area contributed by atoms with Crippen molar-refractivity contribution < 1.29 is 4.79 Å². The molecule has 0 spiro atoms. The Morgan fingerprint density at radius 1 is 1.30 bits per heavy atom. The molecule has 0 aromatic carbocycles. The normalized spacial score (nSPS) is 17.6. The highest BCUT2D eigenvalue weighted by Crippen LogP contribution is 2.15. The Morgan fingerprint density at radius 3 is 2.95 bits per heavy atom. The lowest BCUT2D eigenvalue weighted by Gasteiger charge is -2.24. The van der Waals surface area contributed by atoms with Crippen molar-refractivity contribution in [3.63, 3.8) is 0 Å². The second kappa shape index (κ2) is 5.07. The van der Waals surface area contributed by atoms with E-state index in [1.54, 1.807) is 6.07 Å². The van der Waals surface area contributed by atoms with Gasteiger partial charge in [-0.2, -0.15) is 0 Å². The number of aromatic nitrogens is 3. The maximum atomic E-state index is 12.2. The summed E-state index contributed by atoms with van der Waals surface area (Å²) in [5.41, 5.74) is 2.37. The SMILES string of the molecule is Cc1cccc(C(=O)N[C@@H]2CCc3nc(C)cn3C2)n1. The van der Waals surface area contributed by atoms with E-state index in [1.807, 2.05) is 32.2 Å². The van der Waals surface area contributed by atoms with E-state index in [2.05, 4.69) is 19.9 Å². The van der Waals surface area contributed by atoms with E-state index in [4.69, 9.17) is 0 Å². The number of fused-ring (bicyclic) bond motifs is 1. The molecule has 0 bridgehead atoms. The molecule has 3 rings (SSSR count). The third kappa shape index (κ3) is 2.57. The smallest absolute Gasteiger partial charge is 0.270 e. The summed E-state index contributed by atoms with van der Waals surface area (Å²) in [7, 11) is 0. The zero-order valence-electron chi connectivity index (χ0n) is 11.8. The van der Waals surface area contributed by atoms with Crippen LogP contribution in [0.5, 0.6) is 0 Å². The van der Waals surface area contributed by atoms with Gasteiger partial charge in [0.25, 0.3) is 5.91 Å². The standard InChI is InChI=1S/C15H18N4O/c1-10-4-3-5-13(16-10)15(20)18-12-6-7-14-17-11(2)8-19(14)9-12/h3-5,8,12H,6-7,9H2,1-2H3,(H,18,20)/t12-/m1/s1. The van der Waals surface area contributed by atoms with Crippen LogP contribution in [0.25, 0.3) is 0 Å². The largest absolute Gasteiger partial charge is 0.346 e. The highest BCUT2D eigenvalue weighted by atomic mass is 16.1. The van der Waals surface area contributed by atoms with Crippen molar-refractivity contribution in [1.82, 2.24) is 19.9 Å². The van der Waals surface area contributed by atoms with Crippen molar-refractivity contribution in [2.24, 2.45) is 0 Å². The van der Waals surface area contributed by atoms with E-state index in [9.17, 15) is 4.79 Å². The number of rotatable bonds is 2. The Balaban J connectivity index is 1.69. The van der Waals surface area contributed by atoms with Gasteiger partial charge in [0.2, 0.25) is 0 Å². The molecule has 5 heteroatoms. The first-order valence-corrected chi connectivity index (χ1v) is 6.89. The van der Waals surface area contributed by atoms with Crippen molar-refractivity contribution in [2.45, 2.75) is 39.3 Å². The molecule has 2 aromatic heterocycles. The van der Waals surface area contributed by atoms with Crippen molar-refractivity contribution >= 4 is 5.91 Å². The predicted molar refractivity (Wildman–Crippen MR) is 75.5 cm³/mol. The Kier molecular flexibility index (Phi) is 3.26. The van der Waals surface area contributed by atoms with Gasteiger partial charge in [-0.05, 0) is 32.4 Å². The maximum absolute atomic E-state index is 12.2. The lowest BCUT2D eigenvalue weighted by molar-refractivity contribution is 0.0922. The van der Waals surface area contributed by atoms with Crippen molar-refractivity contribution in [3.05, 3.63) is 47.3 Å². The summed E-state index contributed by atoms with van der Waals surface area (Å²) in [6.45, 7) is 4.67. The molecular formula is C15H18N4O. The van der Waals surface area contributed by atoms with Crippen LogP contribution in [-0.4, -0.2) is 26.5 Å². The van der Waals surface area contributed by atoms with E-state index >= 15 is 0 Å². The van der Waals surface area contributed by atoms with E-state index in [0.717, 1.165) is 36.6 Å². The van der Waals surface area contributed by atoms with Crippen LogP contribution in [0.2, 0.25) is 0 Å². The highest BCUT2D eigenvalue weighted by Gasteiger charge is 2.21. The summed E-state index contributed by atoms with van der Waals surface area (Å²) in [4.78, 5) is 20.9. The van der Waals surface area contributed by atoms with Gasteiger partial charge in [0.05, 0.1) is 5.69 Å². The van der Waals surface area contributed by atoms with Crippen LogP contribution in [0, 0.1) is 13.8 Å². The van der Waals surface area contributed by atoms with E-state index in [1.165, 1.54) is 0 Å². The average Bonchev–Trinajstić information content (AvgIpc) is 2.78. The number of carbonyl (C=O) groups excluding carboxylic acids is 1. The van der Waals surface area contributed by atoms with E-state index < -0.39 is 0 Å². The van der Waals surface area contributed by atoms with Gasteiger partial charge in [-0.15, -0.1) is 0 Å². The second-order valence-corrected chi connectivity index (χ2v) is 5.32. The van der Waals surface area contributed by atoms with Crippen molar-refractivity contribution in [1.29, 1.82) is 0 Å². The summed E-state index contributed by atoms with van der Waals surface area (Å²) < 4.78 is 2.13. The highest BCUT2D eigenvalue weighted by molar-refractivity contribution is 5.92. The molecule has 1 aliphatic rings. The van der Waals surface area contributed by atoms with E-state index in [-0.39, 0.29) is 11.9 Å². The topological polar surface area (TPSA) is 59.8 Å². The fraction of sp³-hybridized carbons (Fsp3) is 0.400. The quantitative estimate of drug-likeness (QED) is 0.902. The number of aryl methyl sites for hydroxylation is 3. The van der Waals surface area contributed by atoms with Crippen LogP contribution in [0.1, 0.15) is 34.1 Å². The van der Waals surface area contributed by atoms with Gasteiger partial charge in [-0.1, -0.05) is 6.07 Å². The number of carbonyl (C=O) groups is 1. The monoisotopic (exact) mass is 270 g/mol. The molecule has 0 saturated heterocycles. The van der Waals surface area contributed by atoms with Crippen molar-refractivity contribution in [3.8, 4) is 0 Å². The first-order chi connectivity index (χ1) is 9.61. The first kappa shape index (κ1) is 12.8. The Morgan fingerprint density at radius 2 is 2.15 bits per heavy atom. The molecule has 104 valence electrons. The molecular weight excluding hydrogens is 252 g/mol. The average molecular weight is 270 g/mol. The van der Waals surface area contributed by atoms with Gasteiger partial charge in [-0.3, -0.25) is 4.79 Å². The number of nitrogens with one attached hydrogen (secondary N) is 1. The molecule has 1 N–H and O–H groups in total. The van der Waals surface area contributed by atoms with Crippen molar-refractivity contribution in [2.75, 3.05) is 0 Å². The van der Waals surface area contributed by atoms with Gasteiger partial charge in [-0.25, -0.2) is 9.97 Å². The molecule has 1 atom stereocenters. The zero-order valence-corrected chi connectivity index (χ0v) is 11.8. The van der Waals surface area contributed by atoms with Crippen LogP contribution in [0.15, 0.2) is 24.4 Å². The van der Waals surface area contributed by atoms with Crippen LogP contribution >= 0.6 is 0 Å². The molecule has 5 nitrogen and oxygen atoms in total. The minimum atomic E-state index is -0.0982. The Hall–Kier alpha value is -2.17. The van der Waals surface area contributed by atoms with Crippen LogP contribution in [0.4, 0.5) is 0 Å². The first-order valence-electron chi connectivity index (χ1n) is 6.89. The van der Waals surface area contributed by atoms with Gasteiger partial charge >= 0.3 is 0 Å². The summed E-state index contributed by atoms with van der Waals surface area (Å²) in [6.07, 6.45) is 3.87. The Bertz CT molecular complexity index is 647. The molecule has 20 heavy (non-hydrogen) atoms. The number of hydrogen-bond acceptors (Lipinski definition) is 3. The maximum Gasteiger partial charge on any atom is 0.270 e. The molecule has 2 aromatic rings. The van der Waals surface area contributed by atoms with Crippen LogP contribution in [-0.2, 0) is 13.0 Å². The fourth-order valence-electron chi connectivity index (χ4n) is 2.63. The van der Waals surface area contributed by atoms with E-state index in [0.29, 0.717) is 5.69 Å². The number of imidazole rings is 1. The zero-order chi connectivity index (χ0) is 14.1. The molecule has 1 aliphatic heterocycles. The Labute approximate surface area is 118 Å². The molecule has 0 radical (unpaired) electrons. The number of pyridine rings is 1. The number of amides is 1. The molecule has 0 fully saturated rings. The molecule has 0 aliphatic carbocycles. The molecule has 3 heterocycles. The fourth-order valence-corrected chi connectivity index (χ4v) is 2.63. The minimum Gasteiger partial charge on any atom is -0.346 e.